The zero-order valence-electron chi connectivity index (χ0n) is 8.06. The molecule has 2 N–H and O–H groups in total. The molecule has 0 bridgehead atoms. The molecule has 1 aromatic carbocycles. The Morgan fingerprint density at radius 3 is 2.80 bits per heavy atom. The quantitative estimate of drug-likeness (QED) is 0.756. The second kappa shape index (κ2) is 3.73. The van der Waals surface area contributed by atoms with Gasteiger partial charge in [0.2, 0.25) is 5.91 Å². The minimum absolute atomic E-state index is 0.166. The Kier molecular flexibility index (Phi) is 2.41. The van der Waals surface area contributed by atoms with E-state index in [1.807, 2.05) is 24.3 Å². The number of carbonyl (C=O) groups is 2. The molecule has 0 radical (unpaired) electrons. The first-order valence-corrected chi connectivity index (χ1v) is 4.76. The summed E-state index contributed by atoms with van der Waals surface area (Å²) in [6.45, 7) is -0.308. The summed E-state index contributed by atoms with van der Waals surface area (Å²) in [6.07, 6.45) is 0.710. The van der Waals surface area contributed by atoms with Crippen LogP contribution in [0, 0.1) is 0 Å². The number of hydrogen-bond acceptors (Lipinski definition) is 2. The summed E-state index contributed by atoms with van der Waals surface area (Å²) >= 11 is 0. The van der Waals surface area contributed by atoms with Gasteiger partial charge in [-0.15, -0.1) is 0 Å². The van der Waals surface area contributed by atoms with Gasteiger partial charge in [0, 0.05) is 0 Å². The Labute approximate surface area is 86.9 Å². The number of aliphatic carboxylic acids is 1. The highest BCUT2D eigenvalue weighted by molar-refractivity contribution is 5.89. The van der Waals surface area contributed by atoms with Crippen LogP contribution in [-0.4, -0.2) is 23.5 Å². The topological polar surface area (TPSA) is 66.4 Å². The average Bonchev–Trinajstić information content (AvgIpc) is 2.17. The summed E-state index contributed by atoms with van der Waals surface area (Å²) in [4.78, 5) is 21.8. The molecule has 1 unspecified atom stereocenters. The molecule has 0 heterocycles. The third-order valence-electron chi connectivity index (χ3n) is 2.58. The van der Waals surface area contributed by atoms with Crippen molar-refractivity contribution in [3.8, 4) is 0 Å². The lowest BCUT2D eigenvalue weighted by molar-refractivity contribution is -0.138. The van der Waals surface area contributed by atoms with Gasteiger partial charge in [-0.2, -0.15) is 0 Å². The number of benzene rings is 1. The molecule has 1 aliphatic carbocycles. The number of nitrogens with one attached hydrogen (secondary N) is 1. The lowest BCUT2D eigenvalue weighted by Gasteiger charge is -2.28. The molecule has 0 spiro atoms. The van der Waals surface area contributed by atoms with Crippen LogP contribution < -0.4 is 5.32 Å². The summed E-state index contributed by atoms with van der Waals surface area (Å²) in [7, 11) is 0. The lowest BCUT2D eigenvalue weighted by Crippen LogP contribution is -2.37. The Morgan fingerprint density at radius 1 is 1.40 bits per heavy atom. The van der Waals surface area contributed by atoms with Crippen molar-refractivity contribution in [2.45, 2.75) is 12.3 Å². The van der Waals surface area contributed by atoms with Crippen LogP contribution in [-0.2, 0) is 16.0 Å². The van der Waals surface area contributed by atoms with E-state index in [9.17, 15) is 9.59 Å². The molecule has 1 atom stereocenters. The number of carboxylic acids is 1. The molecule has 4 heteroatoms. The van der Waals surface area contributed by atoms with E-state index in [-0.39, 0.29) is 18.4 Å². The van der Waals surface area contributed by atoms with Crippen LogP contribution in [0.2, 0.25) is 0 Å². The smallest absolute Gasteiger partial charge is 0.322 e. The maximum atomic E-state index is 11.5. The molecule has 1 amide bonds. The molecule has 2 rings (SSSR count). The van der Waals surface area contributed by atoms with Crippen LogP contribution >= 0.6 is 0 Å². The van der Waals surface area contributed by atoms with Crippen LogP contribution in [0.4, 0.5) is 0 Å². The minimum Gasteiger partial charge on any atom is -0.480 e. The number of hydrogen-bond donors (Lipinski definition) is 2. The summed E-state index contributed by atoms with van der Waals surface area (Å²) in [5.41, 5.74) is 2.19. The monoisotopic (exact) mass is 205 g/mol. The minimum atomic E-state index is -1.02. The summed E-state index contributed by atoms with van der Waals surface area (Å²) in [5, 5.41) is 10.8. The van der Waals surface area contributed by atoms with Crippen molar-refractivity contribution in [2.75, 3.05) is 6.54 Å². The largest absolute Gasteiger partial charge is 0.480 e. The Hall–Kier alpha value is -1.84. The first-order chi connectivity index (χ1) is 7.18. The highest BCUT2D eigenvalue weighted by Gasteiger charge is 2.31. The van der Waals surface area contributed by atoms with Crippen molar-refractivity contribution in [2.24, 2.45) is 0 Å². The predicted molar refractivity (Wildman–Crippen MR) is 53.5 cm³/mol. The van der Waals surface area contributed by atoms with Crippen molar-refractivity contribution in [1.82, 2.24) is 5.32 Å². The summed E-state index contributed by atoms with van der Waals surface area (Å²) in [6, 6.07) is 7.71. The molecule has 4 nitrogen and oxygen atoms in total. The molecule has 0 saturated heterocycles. The molecule has 78 valence electrons. The van der Waals surface area contributed by atoms with E-state index in [1.54, 1.807) is 0 Å². The van der Waals surface area contributed by atoms with E-state index in [0.717, 1.165) is 5.56 Å². The third kappa shape index (κ3) is 1.83. The van der Waals surface area contributed by atoms with Gasteiger partial charge in [-0.05, 0) is 17.5 Å². The normalized spacial score (nSPS) is 17.5. The van der Waals surface area contributed by atoms with Gasteiger partial charge in [-0.1, -0.05) is 24.3 Å². The number of carboxylic acid groups (broad SMARTS) is 1. The zero-order valence-corrected chi connectivity index (χ0v) is 8.06. The first-order valence-electron chi connectivity index (χ1n) is 4.76. The molecule has 1 aliphatic rings. The van der Waals surface area contributed by atoms with Gasteiger partial charge in [0.1, 0.15) is 6.54 Å². The number of amides is 1. The van der Waals surface area contributed by atoms with E-state index in [4.69, 9.17) is 5.11 Å². The third-order valence-corrected chi connectivity index (χ3v) is 2.58. The fraction of sp³-hybridized carbons (Fsp3) is 0.273. The second-order valence-electron chi connectivity index (χ2n) is 3.57. The van der Waals surface area contributed by atoms with Crippen LogP contribution in [0.5, 0.6) is 0 Å². The van der Waals surface area contributed by atoms with Crippen molar-refractivity contribution in [3.63, 3.8) is 0 Å². The summed E-state index contributed by atoms with van der Waals surface area (Å²) in [5.74, 6) is -1.38. The maximum Gasteiger partial charge on any atom is 0.322 e. The van der Waals surface area contributed by atoms with E-state index < -0.39 is 5.97 Å². The number of rotatable bonds is 3. The van der Waals surface area contributed by atoms with Crippen LogP contribution in [0.3, 0.4) is 0 Å². The standard InChI is InChI=1S/C11H11NO3/c13-10(14)6-12-11(15)9-5-7-3-1-2-4-8(7)9/h1-4,9H,5-6H2,(H,12,15)(H,13,14). The van der Waals surface area contributed by atoms with Crippen molar-refractivity contribution < 1.29 is 14.7 Å². The summed E-state index contributed by atoms with van der Waals surface area (Å²) < 4.78 is 0. The van der Waals surface area contributed by atoms with Gasteiger partial charge in [0.15, 0.2) is 0 Å². The Bertz CT molecular complexity index is 414. The van der Waals surface area contributed by atoms with E-state index in [0.29, 0.717) is 6.42 Å². The Morgan fingerprint density at radius 2 is 2.13 bits per heavy atom. The molecule has 0 saturated carbocycles. The average molecular weight is 205 g/mol. The SMILES string of the molecule is O=C(O)CNC(=O)C1Cc2ccccc21. The molecular weight excluding hydrogens is 194 g/mol. The van der Waals surface area contributed by atoms with Crippen molar-refractivity contribution in [3.05, 3.63) is 35.4 Å². The van der Waals surface area contributed by atoms with Gasteiger partial charge in [-0.25, -0.2) is 0 Å². The zero-order chi connectivity index (χ0) is 10.8. The van der Waals surface area contributed by atoms with Gasteiger partial charge >= 0.3 is 5.97 Å². The molecular formula is C11H11NO3. The van der Waals surface area contributed by atoms with Gasteiger partial charge < -0.3 is 10.4 Å². The van der Waals surface area contributed by atoms with Gasteiger partial charge in [-0.3, -0.25) is 9.59 Å². The van der Waals surface area contributed by atoms with E-state index >= 15 is 0 Å². The number of fused-ring (bicyclic) bond motifs is 1. The van der Waals surface area contributed by atoms with Crippen LogP contribution in [0.15, 0.2) is 24.3 Å². The van der Waals surface area contributed by atoms with Crippen LogP contribution in [0.25, 0.3) is 0 Å². The van der Waals surface area contributed by atoms with Gasteiger partial charge in [0.05, 0.1) is 5.92 Å². The molecule has 0 aliphatic heterocycles. The van der Waals surface area contributed by atoms with Crippen molar-refractivity contribution >= 4 is 11.9 Å². The highest BCUT2D eigenvalue weighted by atomic mass is 16.4. The maximum absolute atomic E-state index is 11.5. The molecule has 0 aromatic heterocycles. The lowest BCUT2D eigenvalue weighted by atomic mass is 9.77. The van der Waals surface area contributed by atoms with E-state index in [2.05, 4.69) is 5.32 Å². The first kappa shape index (κ1) is 9.71. The van der Waals surface area contributed by atoms with Gasteiger partial charge in [0.25, 0.3) is 0 Å². The molecule has 1 aromatic rings. The molecule has 15 heavy (non-hydrogen) atoms. The molecule has 0 fully saturated rings. The number of carbonyl (C=O) groups excluding carboxylic acids is 1. The fourth-order valence-electron chi connectivity index (χ4n) is 1.78. The van der Waals surface area contributed by atoms with Crippen LogP contribution in [0.1, 0.15) is 17.0 Å². The second-order valence-corrected chi connectivity index (χ2v) is 3.57. The fourth-order valence-corrected chi connectivity index (χ4v) is 1.78. The van der Waals surface area contributed by atoms with Crippen molar-refractivity contribution in [1.29, 1.82) is 0 Å². The Balaban J connectivity index is 1.98. The highest BCUT2D eigenvalue weighted by Crippen LogP contribution is 2.34. The predicted octanol–water partition coefficient (Wildman–Crippen LogP) is 0.527. The van der Waals surface area contributed by atoms with E-state index in [1.165, 1.54) is 5.56 Å².